The van der Waals surface area contributed by atoms with Gasteiger partial charge < -0.3 is 10.1 Å². The summed E-state index contributed by atoms with van der Waals surface area (Å²) >= 11 is 0. The third-order valence-electron chi connectivity index (χ3n) is 4.14. The predicted octanol–water partition coefficient (Wildman–Crippen LogP) is 2.63. The minimum atomic E-state index is -0.581. The summed E-state index contributed by atoms with van der Waals surface area (Å²) in [7, 11) is 1.59. The molecule has 1 saturated carbocycles. The lowest BCUT2D eigenvalue weighted by Gasteiger charge is -2.10. The molecule has 0 radical (unpaired) electrons. The first kappa shape index (κ1) is 17.7. The Hall–Kier alpha value is -3.12. The van der Waals surface area contributed by atoms with Crippen molar-refractivity contribution in [1.82, 2.24) is 10.8 Å². The van der Waals surface area contributed by atoms with E-state index in [4.69, 9.17) is 9.94 Å². The van der Waals surface area contributed by atoms with Gasteiger partial charge in [0.2, 0.25) is 0 Å². The van der Waals surface area contributed by atoms with Gasteiger partial charge in [-0.3, -0.25) is 14.8 Å². The molecule has 26 heavy (non-hydrogen) atoms. The van der Waals surface area contributed by atoms with Gasteiger partial charge in [-0.2, -0.15) is 0 Å². The normalized spacial score (nSPS) is 13.8. The van der Waals surface area contributed by atoms with Crippen LogP contribution in [0.3, 0.4) is 0 Å². The SMILES string of the molecule is COc1ccc(/C(=C/c2ccc(C(=O)NO)cc2)C(=O)NC2CC2)cc1. The second-order valence-electron chi connectivity index (χ2n) is 6.10. The van der Waals surface area contributed by atoms with Crippen LogP contribution in [0.15, 0.2) is 48.5 Å². The van der Waals surface area contributed by atoms with E-state index in [1.807, 2.05) is 24.3 Å². The molecule has 0 aliphatic heterocycles. The number of ether oxygens (including phenoxy) is 1. The van der Waals surface area contributed by atoms with E-state index in [9.17, 15) is 9.59 Å². The minimum absolute atomic E-state index is 0.130. The van der Waals surface area contributed by atoms with Crippen LogP contribution in [0.5, 0.6) is 5.75 Å². The lowest BCUT2D eigenvalue weighted by atomic mass is 10.0. The first-order valence-corrected chi connectivity index (χ1v) is 8.32. The molecule has 6 heteroatoms. The fraction of sp³-hybridized carbons (Fsp3) is 0.200. The zero-order valence-corrected chi connectivity index (χ0v) is 14.4. The molecule has 0 heterocycles. The van der Waals surface area contributed by atoms with Gasteiger partial charge in [-0.15, -0.1) is 0 Å². The summed E-state index contributed by atoms with van der Waals surface area (Å²) in [5.74, 6) is 0.00676. The van der Waals surface area contributed by atoms with Crippen LogP contribution >= 0.6 is 0 Å². The van der Waals surface area contributed by atoms with Crippen molar-refractivity contribution in [3.63, 3.8) is 0 Å². The van der Waals surface area contributed by atoms with Crippen molar-refractivity contribution in [1.29, 1.82) is 0 Å². The van der Waals surface area contributed by atoms with Gasteiger partial charge in [0.15, 0.2) is 0 Å². The summed E-state index contributed by atoms with van der Waals surface area (Å²) in [4.78, 5) is 24.1. The Balaban J connectivity index is 1.91. The standard InChI is InChI=1S/C20H20N2O4/c1-26-17-10-6-14(7-11-17)18(20(24)21-16-8-9-16)12-13-2-4-15(5-3-13)19(23)22-25/h2-7,10-12,16,25H,8-9H2,1H3,(H,21,24)(H,22,23)/b18-12-. The third kappa shape index (κ3) is 4.29. The summed E-state index contributed by atoms with van der Waals surface area (Å²) in [6, 6.07) is 14.2. The molecule has 0 aromatic heterocycles. The molecule has 0 saturated heterocycles. The molecule has 3 rings (SSSR count). The molecule has 6 nitrogen and oxygen atoms in total. The van der Waals surface area contributed by atoms with Crippen molar-refractivity contribution in [2.24, 2.45) is 0 Å². The summed E-state index contributed by atoms with van der Waals surface area (Å²) < 4.78 is 5.17. The highest BCUT2D eigenvalue weighted by atomic mass is 16.5. The largest absolute Gasteiger partial charge is 0.497 e. The van der Waals surface area contributed by atoms with Crippen LogP contribution in [0.1, 0.15) is 34.3 Å². The fourth-order valence-corrected chi connectivity index (χ4v) is 2.50. The number of nitrogens with one attached hydrogen (secondary N) is 2. The van der Waals surface area contributed by atoms with Crippen LogP contribution in [-0.4, -0.2) is 30.2 Å². The Kier molecular flexibility index (Phi) is 5.34. The number of amides is 2. The number of benzene rings is 2. The summed E-state index contributed by atoms with van der Waals surface area (Å²) in [6.07, 6.45) is 3.79. The summed E-state index contributed by atoms with van der Waals surface area (Å²) in [6.45, 7) is 0. The molecule has 0 spiro atoms. The molecule has 3 N–H and O–H groups in total. The maximum absolute atomic E-state index is 12.7. The maximum atomic E-state index is 12.7. The molecular weight excluding hydrogens is 332 g/mol. The first-order chi connectivity index (χ1) is 12.6. The van der Waals surface area contributed by atoms with Crippen molar-refractivity contribution in [3.05, 3.63) is 65.2 Å². The minimum Gasteiger partial charge on any atom is -0.497 e. The van der Waals surface area contributed by atoms with E-state index in [0.29, 0.717) is 11.1 Å². The summed E-state index contributed by atoms with van der Waals surface area (Å²) in [5.41, 5.74) is 4.02. The van der Waals surface area contributed by atoms with Gasteiger partial charge in [-0.1, -0.05) is 24.3 Å². The fourth-order valence-electron chi connectivity index (χ4n) is 2.50. The van der Waals surface area contributed by atoms with Crippen LogP contribution in [0.25, 0.3) is 11.6 Å². The number of carbonyl (C=O) groups excluding carboxylic acids is 2. The van der Waals surface area contributed by atoms with Gasteiger partial charge in [0, 0.05) is 17.2 Å². The molecule has 0 atom stereocenters. The molecule has 2 aromatic carbocycles. The smallest absolute Gasteiger partial charge is 0.274 e. The average molecular weight is 352 g/mol. The Morgan fingerprint density at radius 3 is 2.19 bits per heavy atom. The van der Waals surface area contributed by atoms with Gasteiger partial charge in [0.05, 0.1) is 7.11 Å². The zero-order chi connectivity index (χ0) is 18.5. The number of carbonyl (C=O) groups is 2. The van der Waals surface area contributed by atoms with E-state index in [1.54, 1.807) is 42.9 Å². The number of rotatable bonds is 6. The van der Waals surface area contributed by atoms with E-state index in [2.05, 4.69) is 5.32 Å². The van der Waals surface area contributed by atoms with Crippen LogP contribution in [0.4, 0.5) is 0 Å². The van der Waals surface area contributed by atoms with E-state index < -0.39 is 5.91 Å². The Bertz CT molecular complexity index is 822. The van der Waals surface area contributed by atoms with Crippen molar-refractivity contribution < 1.29 is 19.5 Å². The Labute approximate surface area is 151 Å². The van der Waals surface area contributed by atoms with Crippen LogP contribution < -0.4 is 15.5 Å². The monoisotopic (exact) mass is 352 g/mol. The van der Waals surface area contributed by atoms with Crippen molar-refractivity contribution in [2.45, 2.75) is 18.9 Å². The molecule has 1 fully saturated rings. The third-order valence-corrected chi connectivity index (χ3v) is 4.14. The second-order valence-corrected chi connectivity index (χ2v) is 6.10. The van der Waals surface area contributed by atoms with Crippen LogP contribution in [0.2, 0.25) is 0 Å². The van der Waals surface area contributed by atoms with Gasteiger partial charge in [-0.05, 0) is 54.3 Å². The van der Waals surface area contributed by atoms with Gasteiger partial charge in [0.1, 0.15) is 5.75 Å². The molecule has 134 valence electrons. The van der Waals surface area contributed by atoms with Crippen molar-refractivity contribution in [3.8, 4) is 5.75 Å². The molecule has 1 aliphatic carbocycles. The number of hydrogen-bond donors (Lipinski definition) is 3. The lowest BCUT2D eigenvalue weighted by Crippen LogP contribution is -2.26. The number of hydrogen-bond acceptors (Lipinski definition) is 4. The molecule has 0 bridgehead atoms. The molecule has 1 aliphatic rings. The van der Waals surface area contributed by atoms with Crippen molar-refractivity contribution in [2.75, 3.05) is 7.11 Å². The highest BCUT2D eigenvalue weighted by Gasteiger charge is 2.25. The lowest BCUT2D eigenvalue weighted by molar-refractivity contribution is -0.115. The maximum Gasteiger partial charge on any atom is 0.274 e. The quantitative estimate of drug-likeness (QED) is 0.323. The molecule has 2 aromatic rings. The van der Waals surface area contributed by atoms with Crippen LogP contribution in [0, 0.1) is 0 Å². The van der Waals surface area contributed by atoms with E-state index in [1.165, 1.54) is 0 Å². The second kappa shape index (κ2) is 7.84. The van der Waals surface area contributed by atoms with E-state index in [0.717, 1.165) is 29.7 Å². The predicted molar refractivity (Wildman–Crippen MR) is 97.7 cm³/mol. The number of methoxy groups -OCH3 is 1. The first-order valence-electron chi connectivity index (χ1n) is 8.32. The van der Waals surface area contributed by atoms with Crippen molar-refractivity contribution >= 4 is 23.5 Å². The summed E-state index contributed by atoms with van der Waals surface area (Å²) in [5, 5.41) is 11.7. The zero-order valence-electron chi connectivity index (χ0n) is 14.4. The number of hydroxylamine groups is 1. The highest BCUT2D eigenvalue weighted by Crippen LogP contribution is 2.25. The molecule has 0 unspecified atom stereocenters. The topological polar surface area (TPSA) is 87.7 Å². The van der Waals surface area contributed by atoms with Gasteiger partial charge in [-0.25, -0.2) is 5.48 Å². The van der Waals surface area contributed by atoms with Gasteiger partial charge in [0.25, 0.3) is 11.8 Å². The Morgan fingerprint density at radius 1 is 1.04 bits per heavy atom. The van der Waals surface area contributed by atoms with E-state index in [-0.39, 0.29) is 11.9 Å². The van der Waals surface area contributed by atoms with E-state index >= 15 is 0 Å². The highest BCUT2D eigenvalue weighted by molar-refractivity contribution is 6.24. The Morgan fingerprint density at radius 2 is 1.65 bits per heavy atom. The van der Waals surface area contributed by atoms with Crippen LogP contribution in [-0.2, 0) is 4.79 Å². The molecular formula is C20H20N2O4. The average Bonchev–Trinajstić information content (AvgIpc) is 3.50. The van der Waals surface area contributed by atoms with Gasteiger partial charge >= 0.3 is 0 Å². The molecule has 2 amide bonds.